The minimum atomic E-state index is -3.19. The van der Waals surface area contributed by atoms with Gasteiger partial charge in [-0.1, -0.05) is 19.8 Å². The standard InChI is InChI=1S/C15H24N2O2S/c1-3-12-6-5-7-15(12)16-13-8-10-14(11-9-13)17-20(18,19)4-2/h8-12,15-17H,3-7H2,1-2H3. The molecule has 1 aromatic rings. The van der Waals surface area contributed by atoms with E-state index in [-0.39, 0.29) is 5.75 Å². The van der Waals surface area contributed by atoms with Crippen LogP contribution in [-0.2, 0) is 10.0 Å². The molecule has 0 heterocycles. The molecule has 2 N–H and O–H groups in total. The van der Waals surface area contributed by atoms with Crippen molar-refractivity contribution >= 4 is 21.4 Å². The van der Waals surface area contributed by atoms with E-state index in [0.29, 0.717) is 11.7 Å². The molecule has 2 atom stereocenters. The molecule has 0 aliphatic heterocycles. The molecule has 5 heteroatoms. The van der Waals surface area contributed by atoms with Crippen LogP contribution in [0.25, 0.3) is 0 Å². The second-order valence-corrected chi connectivity index (χ2v) is 7.44. The molecule has 0 radical (unpaired) electrons. The highest BCUT2D eigenvalue weighted by Crippen LogP contribution is 2.30. The van der Waals surface area contributed by atoms with E-state index in [0.717, 1.165) is 11.6 Å². The van der Waals surface area contributed by atoms with Gasteiger partial charge < -0.3 is 5.32 Å². The van der Waals surface area contributed by atoms with Gasteiger partial charge in [-0.2, -0.15) is 0 Å². The summed E-state index contributed by atoms with van der Waals surface area (Å²) in [6.07, 6.45) is 5.04. The van der Waals surface area contributed by atoms with Gasteiger partial charge in [0.2, 0.25) is 10.0 Å². The average molecular weight is 296 g/mol. The van der Waals surface area contributed by atoms with Gasteiger partial charge in [0, 0.05) is 17.4 Å². The van der Waals surface area contributed by atoms with E-state index >= 15 is 0 Å². The molecular formula is C15H24N2O2S. The molecule has 1 saturated carbocycles. The molecular weight excluding hydrogens is 272 g/mol. The average Bonchev–Trinajstić information content (AvgIpc) is 2.88. The van der Waals surface area contributed by atoms with Crippen LogP contribution >= 0.6 is 0 Å². The fourth-order valence-electron chi connectivity index (χ4n) is 2.82. The van der Waals surface area contributed by atoms with E-state index in [9.17, 15) is 8.42 Å². The summed E-state index contributed by atoms with van der Waals surface area (Å²) in [4.78, 5) is 0. The Kier molecular flexibility index (Phi) is 4.91. The lowest BCUT2D eigenvalue weighted by atomic mass is 10.0. The zero-order chi connectivity index (χ0) is 14.6. The maximum atomic E-state index is 11.5. The second kappa shape index (κ2) is 6.48. The Morgan fingerprint density at radius 1 is 1.10 bits per heavy atom. The zero-order valence-electron chi connectivity index (χ0n) is 12.2. The topological polar surface area (TPSA) is 58.2 Å². The van der Waals surface area contributed by atoms with Crippen molar-refractivity contribution in [1.29, 1.82) is 0 Å². The van der Waals surface area contributed by atoms with Crippen molar-refractivity contribution < 1.29 is 8.42 Å². The first-order chi connectivity index (χ1) is 9.54. The summed E-state index contributed by atoms with van der Waals surface area (Å²) >= 11 is 0. The first-order valence-electron chi connectivity index (χ1n) is 7.41. The van der Waals surface area contributed by atoms with Gasteiger partial charge in [0.05, 0.1) is 5.75 Å². The SMILES string of the molecule is CCC1CCCC1Nc1ccc(NS(=O)(=O)CC)cc1. The van der Waals surface area contributed by atoms with E-state index in [1.54, 1.807) is 6.92 Å². The summed E-state index contributed by atoms with van der Waals surface area (Å²) in [5.41, 5.74) is 1.69. The van der Waals surface area contributed by atoms with Gasteiger partial charge in [0.25, 0.3) is 0 Å². The van der Waals surface area contributed by atoms with Gasteiger partial charge in [-0.3, -0.25) is 4.72 Å². The Labute approximate surface area is 122 Å². The van der Waals surface area contributed by atoms with Crippen molar-refractivity contribution in [3.63, 3.8) is 0 Å². The smallest absolute Gasteiger partial charge is 0.232 e. The van der Waals surface area contributed by atoms with E-state index in [1.165, 1.54) is 25.7 Å². The molecule has 4 nitrogen and oxygen atoms in total. The molecule has 2 rings (SSSR count). The molecule has 1 aliphatic rings. The van der Waals surface area contributed by atoms with Gasteiger partial charge in [-0.05, 0) is 49.9 Å². The van der Waals surface area contributed by atoms with Crippen molar-refractivity contribution in [2.75, 3.05) is 15.8 Å². The third-order valence-electron chi connectivity index (χ3n) is 4.07. The number of hydrogen-bond acceptors (Lipinski definition) is 3. The van der Waals surface area contributed by atoms with Crippen molar-refractivity contribution in [2.24, 2.45) is 5.92 Å². The summed E-state index contributed by atoms with van der Waals surface area (Å²) in [7, 11) is -3.19. The Hall–Kier alpha value is -1.23. The van der Waals surface area contributed by atoms with Gasteiger partial charge >= 0.3 is 0 Å². The Balaban J connectivity index is 1.98. The van der Waals surface area contributed by atoms with Gasteiger partial charge in [0.15, 0.2) is 0 Å². The normalized spacial score (nSPS) is 22.7. The van der Waals surface area contributed by atoms with Crippen LogP contribution in [0.1, 0.15) is 39.5 Å². The van der Waals surface area contributed by atoms with E-state index in [4.69, 9.17) is 0 Å². The number of sulfonamides is 1. The van der Waals surface area contributed by atoms with Crippen LogP contribution in [-0.4, -0.2) is 20.2 Å². The zero-order valence-corrected chi connectivity index (χ0v) is 13.0. The number of benzene rings is 1. The molecule has 0 bridgehead atoms. The largest absolute Gasteiger partial charge is 0.382 e. The predicted octanol–water partition coefficient (Wildman–Crippen LogP) is 3.44. The molecule has 0 aromatic heterocycles. The van der Waals surface area contributed by atoms with Crippen molar-refractivity contribution in [3.8, 4) is 0 Å². The predicted molar refractivity (Wildman–Crippen MR) is 84.6 cm³/mol. The quantitative estimate of drug-likeness (QED) is 0.845. The minimum Gasteiger partial charge on any atom is -0.382 e. The van der Waals surface area contributed by atoms with Crippen LogP contribution in [0.5, 0.6) is 0 Å². The lowest BCUT2D eigenvalue weighted by molar-refractivity contribution is 0.489. The highest BCUT2D eigenvalue weighted by atomic mass is 32.2. The maximum absolute atomic E-state index is 11.5. The van der Waals surface area contributed by atoms with Crippen molar-refractivity contribution in [2.45, 2.75) is 45.6 Å². The number of nitrogens with one attached hydrogen (secondary N) is 2. The number of anilines is 2. The molecule has 1 fully saturated rings. The molecule has 1 aliphatic carbocycles. The molecule has 20 heavy (non-hydrogen) atoms. The molecule has 0 amide bonds. The Morgan fingerprint density at radius 3 is 2.35 bits per heavy atom. The third-order valence-corrected chi connectivity index (χ3v) is 5.38. The molecule has 0 saturated heterocycles. The number of rotatable bonds is 6. The van der Waals surface area contributed by atoms with E-state index < -0.39 is 10.0 Å². The van der Waals surface area contributed by atoms with Crippen LogP contribution in [0.4, 0.5) is 11.4 Å². The third kappa shape index (κ3) is 3.88. The van der Waals surface area contributed by atoms with Gasteiger partial charge in [0.1, 0.15) is 0 Å². The molecule has 2 unspecified atom stereocenters. The van der Waals surface area contributed by atoms with Crippen LogP contribution in [0.2, 0.25) is 0 Å². The van der Waals surface area contributed by atoms with Crippen LogP contribution in [0, 0.1) is 5.92 Å². The minimum absolute atomic E-state index is 0.0905. The summed E-state index contributed by atoms with van der Waals surface area (Å²) < 4.78 is 25.5. The molecule has 1 aromatic carbocycles. The lowest BCUT2D eigenvalue weighted by Crippen LogP contribution is -2.23. The van der Waals surface area contributed by atoms with Crippen LogP contribution in [0.15, 0.2) is 24.3 Å². The highest BCUT2D eigenvalue weighted by Gasteiger charge is 2.25. The van der Waals surface area contributed by atoms with Gasteiger partial charge in [-0.15, -0.1) is 0 Å². The first kappa shape index (κ1) is 15.2. The molecule has 0 spiro atoms. The van der Waals surface area contributed by atoms with Crippen molar-refractivity contribution in [1.82, 2.24) is 0 Å². The van der Waals surface area contributed by atoms with Crippen molar-refractivity contribution in [3.05, 3.63) is 24.3 Å². The number of hydrogen-bond donors (Lipinski definition) is 2. The Morgan fingerprint density at radius 2 is 1.75 bits per heavy atom. The monoisotopic (exact) mass is 296 g/mol. The summed E-state index contributed by atoms with van der Waals surface area (Å²) in [5, 5.41) is 3.57. The Bertz CT molecular complexity index is 525. The van der Waals surface area contributed by atoms with Crippen LogP contribution < -0.4 is 10.0 Å². The maximum Gasteiger partial charge on any atom is 0.232 e. The highest BCUT2D eigenvalue weighted by molar-refractivity contribution is 7.92. The first-order valence-corrected chi connectivity index (χ1v) is 9.06. The summed E-state index contributed by atoms with van der Waals surface area (Å²) in [6.45, 7) is 3.87. The lowest BCUT2D eigenvalue weighted by Gasteiger charge is -2.21. The summed E-state index contributed by atoms with van der Waals surface area (Å²) in [5.74, 6) is 0.848. The second-order valence-electron chi connectivity index (χ2n) is 5.43. The van der Waals surface area contributed by atoms with Gasteiger partial charge in [-0.25, -0.2) is 8.42 Å². The fourth-order valence-corrected chi connectivity index (χ4v) is 3.46. The fraction of sp³-hybridized carbons (Fsp3) is 0.600. The molecule has 112 valence electrons. The van der Waals surface area contributed by atoms with E-state index in [1.807, 2.05) is 24.3 Å². The van der Waals surface area contributed by atoms with Crippen LogP contribution in [0.3, 0.4) is 0 Å². The summed E-state index contributed by atoms with van der Waals surface area (Å²) in [6, 6.07) is 8.06. The van der Waals surface area contributed by atoms with E-state index in [2.05, 4.69) is 17.0 Å².